The Balaban J connectivity index is 1.91. The Labute approximate surface area is 139 Å². The largest absolute Gasteiger partial charge is 0.369 e. The molecule has 1 saturated heterocycles. The van der Waals surface area contributed by atoms with E-state index in [1.807, 2.05) is 23.1 Å². The lowest BCUT2D eigenvalue weighted by Crippen LogP contribution is -2.38. The first-order valence-corrected chi connectivity index (χ1v) is 7.81. The molecule has 0 aliphatic carbocycles. The van der Waals surface area contributed by atoms with Gasteiger partial charge in [0.25, 0.3) is 5.69 Å². The molecule has 0 spiro atoms. The van der Waals surface area contributed by atoms with Crippen LogP contribution in [-0.4, -0.2) is 28.9 Å². The summed E-state index contributed by atoms with van der Waals surface area (Å²) in [7, 11) is 0. The summed E-state index contributed by atoms with van der Waals surface area (Å²) < 4.78 is 0. The molecule has 3 rings (SSSR count). The Kier molecular flexibility index (Phi) is 4.41. The first kappa shape index (κ1) is 15.9. The zero-order valence-electron chi connectivity index (χ0n) is 13.1. The van der Waals surface area contributed by atoms with E-state index in [2.05, 4.69) is 4.98 Å². The molecule has 124 valence electrons. The Morgan fingerprint density at radius 2 is 1.83 bits per heavy atom. The van der Waals surface area contributed by atoms with Crippen LogP contribution < -0.4 is 10.6 Å². The van der Waals surface area contributed by atoms with Crippen LogP contribution in [0.1, 0.15) is 12.8 Å². The van der Waals surface area contributed by atoms with Crippen LogP contribution in [0, 0.1) is 16.0 Å². The highest BCUT2D eigenvalue weighted by Gasteiger charge is 2.25. The number of aromatic nitrogens is 1. The minimum absolute atomic E-state index is 0.0167. The van der Waals surface area contributed by atoms with Gasteiger partial charge in [0.2, 0.25) is 5.91 Å². The van der Waals surface area contributed by atoms with E-state index in [1.54, 1.807) is 18.2 Å². The average molecular weight is 326 g/mol. The van der Waals surface area contributed by atoms with Crippen LogP contribution in [0.2, 0.25) is 0 Å². The summed E-state index contributed by atoms with van der Waals surface area (Å²) in [6, 6.07) is 12.3. The zero-order chi connectivity index (χ0) is 17.1. The highest BCUT2D eigenvalue weighted by Crippen LogP contribution is 2.31. The minimum Gasteiger partial charge on any atom is -0.369 e. The van der Waals surface area contributed by atoms with Crippen LogP contribution in [0.15, 0.2) is 42.5 Å². The van der Waals surface area contributed by atoms with E-state index < -0.39 is 4.92 Å². The molecule has 1 aromatic carbocycles. The molecular formula is C17H18N4O3. The number of pyridine rings is 1. The monoisotopic (exact) mass is 326 g/mol. The third-order valence-corrected chi connectivity index (χ3v) is 4.32. The molecule has 0 saturated carbocycles. The van der Waals surface area contributed by atoms with E-state index >= 15 is 0 Å². The highest BCUT2D eigenvalue weighted by atomic mass is 16.6. The molecule has 1 aliphatic heterocycles. The molecule has 2 heterocycles. The van der Waals surface area contributed by atoms with Crippen molar-refractivity contribution in [3.05, 3.63) is 52.6 Å². The lowest BCUT2D eigenvalue weighted by Gasteiger charge is -2.31. The van der Waals surface area contributed by atoms with Crippen molar-refractivity contribution in [1.82, 2.24) is 4.98 Å². The molecule has 0 bridgehead atoms. The van der Waals surface area contributed by atoms with Gasteiger partial charge in [0.15, 0.2) is 5.69 Å². The predicted octanol–water partition coefficient (Wildman–Crippen LogP) is 2.36. The predicted molar refractivity (Wildman–Crippen MR) is 90.5 cm³/mol. The van der Waals surface area contributed by atoms with Gasteiger partial charge in [0, 0.05) is 30.6 Å². The number of rotatable bonds is 4. The number of hydrogen-bond donors (Lipinski definition) is 1. The number of piperidine rings is 1. The second-order valence-electron chi connectivity index (χ2n) is 5.82. The highest BCUT2D eigenvalue weighted by molar-refractivity contribution is 5.77. The molecule has 1 aromatic heterocycles. The zero-order valence-corrected chi connectivity index (χ0v) is 13.1. The van der Waals surface area contributed by atoms with E-state index in [9.17, 15) is 14.9 Å². The molecular weight excluding hydrogens is 308 g/mol. The molecule has 7 nitrogen and oxygen atoms in total. The van der Waals surface area contributed by atoms with Crippen molar-refractivity contribution in [2.75, 3.05) is 18.0 Å². The molecule has 0 atom stereocenters. The summed E-state index contributed by atoms with van der Waals surface area (Å²) in [5, 5.41) is 11.3. The van der Waals surface area contributed by atoms with Gasteiger partial charge in [-0.05, 0) is 18.9 Å². The number of carbonyl (C=O) groups excluding carboxylic acids is 1. The second kappa shape index (κ2) is 6.66. The van der Waals surface area contributed by atoms with Crippen molar-refractivity contribution in [2.45, 2.75) is 12.8 Å². The maximum Gasteiger partial charge on any atom is 0.295 e. The summed E-state index contributed by atoms with van der Waals surface area (Å²) in [6.45, 7) is 1.32. The number of nitrogens with zero attached hydrogens (tertiary/aromatic N) is 3. The summed E-state index contributed by atoms with van der Waals surface area (Å²) >= 11 is 0. The first-order valence-electron chi connectivity index (χ1n) is 7.81. The SMILES string of the molecule is NC(=O)C1CCN(c2ccc([N+](=O)[O-])c(-c3ccccc3)n2)CC1. The minimum atomic E-state index is -0.418. The molecule has 24 heavy (non-hydrogen) atoms. The first-order chi connectivity index (χ1) is 11.6. The number of benzene rings is 1. The van der Waals surface area contributed by atoms with Crippen molar-refractivity contribution < 1.29 is 9.72 Å². The summed E-state index contributed by atoms with van der Waals surface area (Å²) in [5.74, 6) is 0.312. The quantitative estimate of drug-likeness (QED) is 0.686. The van der Waals surface area contributed by atoms with Crippen LogP contribution in [0.3, 0.4) is 0 Å². The van der Waals surface area contributed by atoms with Crippen molar-refractivity contribution in [3.63, 3.8) is 0 Å². The second-order valence-corrected chi connectivity index (χ2v) is 5.82. The normalized spacial score (nSPS) is 15.2. The number of primary amides is 1. The van der Waals surface area contributed by atoms with Crippen molar-refractivity contribution in [1.29, 1.82) is 0 Å². The number of nitro groups is 1. The fourth-order valence-corrected chi connectivity index (χ4v) is 2.97. The topological polar surface area (TPSA) is 102 Å². The van der Waals surface area contributed by atoms with E-state index in [-0.39, 0.29) is 17.5 Å². The fourth-order valence-electron chi connectivity index (χ4n) is 2.97. The fraction of sp³-hybridized carbons (Fsp3) is 0.294. The molecule has 2 aromatic rings. The lowest BCUT2D eigenvalue weighted by molar-refractivity contribution is -0.384. The lowest BCUT2D eigenvalue weighted by atomic mass is 9.96. The van der Waals surface area contributed by atoms with Crippen molar-refractivity contribution in [2.24, 2.45) is 11.7 Å². The summed E-state index contributed by atoms with van der Waals surface area (Å²) in [6.07, 6.45) is 1.35. The Morgan fingerprint density at radius 3 is 2.42 bits per heavy atom. The number of carbonyl (C=O) groups is 1. The van der Waals surface area contributed by atoms with Gasteiger partial charge < -0.3 is 10.6 Å². The van der Waals surface area contributed by atoms with Gasteiger partial charge in [-0.2, -0.15) is 0 Å². The number of hydrogen-bond acceptors (Lipinski definition) is 5. The van der Waals surface area contributed by atoms with Gasteiger partial charge in [-0.1, -0.05) is 30.3 Å². The molecule has 1 fully saturated rings. The Hall–Kier alpha value is -2.96. The number of nitrogens with two attached hydrogens (primary N) is 1. The summed E-state index contributed by atoms with van der Waals surface area (Å²) in [5.41, 5.74) is 6.40. The maximum absolute atomic E-state index is 11.3. The number of amides is 1. The van der Waals surface area contributed by atoms with Crippen LogP contribution >= 0.6 is 0 Å². The van der Waals surface area contributed by atoms with Gasteiger partial charge in [0.1, 0.15) is 5.82 Å². The van der Waals surface area contributed by atoms with E-state index in [4.69, 9.17) is 5.73 Å². The van der Waals surface area contributed by atoms with Crippen LogP contribution in [0.5, 0.6) is 0 Å². The van der Waals surface area contributed by atoms with E-state index in [1.165, 1.54) is 6.07 Å². The van der Waals surface area contributed by atoms with Gasteiger partial charge in [-0.15, -0.1) is 0 Å². The molecule has 0 radical (unpaired) electrons. The smallest absolute Gasteiger partial charge is 0.295 e. The van der Waals surface area contributed by atoms with Gasteiger partial charge in [-0.25, -0.2) is 4.98 Å². The molecule has 1 aliphatic rings. The van der Waals surface area contributed by atoms with Crippen LogP contribution in [0.4, 0.5) is 11.5 Å². The molecule has 0 unspecified atom stereocenters. The number of anilines is 1. The van der Waals surface area contributed by atoms with Crippen molar-refractivity contribution >= 4 is 17.4 Å². The van der Waals surface area contributed by atoms with Gasteiger partial charge in [0.05, 0.1) is 4.92 Å². The molecule has 1 amide bonds. The molecule has 7 heteroatoms. The summed E-state index contributed by atoms with van der Waals surface area (Å²) in [4.78, 5) is 28.7. The van der Waals surface area contributed by atoms with Crippen LogP contribution in [0.25, 0.3) is 11.3 Å². The van der Waals surface area contributed by atoms with Gasteiger partial charge in [-0.3, -0.25) is 14.9 Å². The standard InChI is InChI=1S/C17H18N4O3/c18-17(22)13-8-10-20(11-9-13)15-7-6-14(21(23)24)16(19-15)12-4-2-1-3-5-12/h1-7,13H,8-11H2,(H2,18,22). The Bertz CT molecular complexity index is 756. The van der Waals surface area contributed by atoms with Crippen LogP contribution in [-0.2, 0) is 4.79 Å². The third kappa shape index (κ3) is 3.19. The van der Waals surface area contributed by atoms with Gasteiger partial charge >= 0.3 is 0 Å². The maximum atomic E-state index is 11.3. The molecule has 2 N–H and O–H groups in total. The van der Waals surface area contributed by atoms with Crippen molar-refractivity contribution in [3.8, 4) is 11.3 Å². The average Bonchev–Trinajstić information content (AvgIpc) is 2.62. The third-order valence-electron chi connectivity index (χ3n) is 4.32. The van der Waals surface area contributed by atoms with E-state index in [0.29, 0.717) is 43.0 Å². The van der Waals surface area contributed by atoms with E-state index in [0.717, 1.165) is 0 Å². The Morgan fingerprint density at radius 1 is 1.17 bits per heavy atom.